The number of aromatic amines is 2. The molecule has 4 aromatic heterocycles. The van der Waals surface area contributed by atoms with E-state index in [1.165, 1.54) is 0 Å². The minimum atomic E-state index is -0.179. The normalized spacial score (nSPS) is 12.6. The van der Waals surface area contributed by atoms with E-state index in [9.17, 15) is 9.59 Å². The summed E-state index contributed by atoms with van der Waals surface area (Å²) in [5.41, 5.74) is 4.17. The molecule has 0 spiro atoms. The van der Waals surface area contributed by atoms with Crippen molar-refractivity contribution in [2.45, 2.75) is 0 Å². The van der Waals surface area contributed by atoms with Crippen LogP contribution in [0.2, 0.25) is 0 Å². The number of methoxy groups -OCH3 is 4. The van der Waals surface area contributed by atoms with Crippen molar-refractivity contribution in [3.8, 4) is 23.0 Å². The van der Waals surface area contributed by atoms with Gasteiger partial charge in [-0.2, -0.15) is 0 Å². The molecule has 0 fully saturated rings. The zero-order valence-corrected chi connectivity index (χ0v) is 31.6. The van der Waals surface area contributed by atoms with Gasteiger partial charge in [0.15, 0.2) is 0 Å². The average Bonchev–Trinajstić information content (AvgIpc) is 3.83. The highest BCUT2D eigenvalue weighted by Crippen LogP contribution is 2.55. The maximum absolute atomic E-state index is 14.9. The third-order valence-electron chi connectivity index (χ3n) is 12.6. The summed E-state index contributed by atoms with van der Waals surface area (Å²) in [5.74, 6) is 2.13. The topological polar surface area (TPSA) is 111 Å². The number of fused-ring (bicyclic) bond motifs is 12. The van der Waals surface area contributed by atoms with Crippen molar-refractivity contribution >= 4 is 120 Å². The number of rotatable bonds is 4. The van der Waals surface area contributed by atoms with Crippen LogP contribution in [0.15, 0.2) is 107 Å². The zero-order valence-electron chi connectivity index (χ0n) is 31.6. The van der Waals surface area contributed by atoms with Crippen LogP contribution in [0.5, 0.6) is 23.0 Å². The third kappa shape index (κ3) is 3.55. The predicted molar refractivity (Wildman–Crippen MR) is 233 cm³/mol. The Bertz CT molecular complexity index is 3850. The fraction of sp³-hybridized carbons (Fsp3) is 0.0833. The SMILES string of the molecule is COc1cc2c(=O)n3c4cc5ccccc5cc4[nH]c3c3cc(OC)c4c5c(OC)cc6c7c(cc(OC)c(c1c4c23)c57)c(=O)n1c2cc3ccccc3cc2[nH]c61. The van der Waals surface area contributed by atoms with E-state index >= 15 is 0 Å². The van der Waals surface area contributed by atoms with E-state index in [-0.39, 0.29) is 11.1 Å². The number of nitrogens with one attached hydrogen (secondary N) is 2. The lowest BCUT2D eigenvalue weighted by Gasteiger charge is -2.24. The first kappa shape index (κ1) is 31.5. The van der Waals surface area contributed by atoms with Gasteiger partial charge in [-0.15, -0.1) is 0 Å². The van der Waals surface area contributed by atoms with Gasteiger partial charge in [-0.25, -0.2) is 0 Å². The van der Waals surface area contributed by atoms with Gasteiger partial charge in [0.2, 0.25) is 0 Å². The zero-order chi connectivity index (χ0) is 38.9. The van der Waals surface area contributed by atoms with E-state index in [2.05, 4.69) is 58.5 Å². The lowest BCUT2D eigenvalue weighted by Crippen LogP contribution is -2.15. The number of pyridine rings is 2. The second-order valence-corrected chi connectivity index (χ2v) is 15.2. The molecule has 9 aromatic carbocycles. The van der Waals surface area contributed by atoms with Crippen LogP contribution in [0.4, 0.5) is 0 Å². The van der Waals surface area contributed by atoms with Crippen molar-refractivity contribution < 1.29 is 18.9 Å². The van der Waals surface area contributed by atoms with Gasteiger partial charge in [-0.3, -0.25) is 18.4 Å². The van der Waals surface area contributed by atoms with Crippen LogP contribution in [0.1, 0.15) is 0 Å². The Kier molecular flexibility index (Phi) is 5.73. The van der Waals surface area contributed by atoms with Crippen molar-refractivity contribution in [1.29, 1.82) is 0 Å². The Labute approximate surface area is 325 Å². The molecule has 0 aliphatic carbocycles. The quantitative estimate of drug-likeness (QED) is 0.137. The minimum Gasteiger partial charge on any atom is -0.496 e. The van der Waals surface area contributed by atoms with Crippen LogP contribution in [-0.2, 0) is 0 Å². The number of aromatic nitrogens is 4. The van der Waals surface area contributed by atoms with Crippen LogP contribution in [0, 0.1) is 0 Å². The molecule has 0 aliphatic heterocycles. The molecule has 10 heteroatoms. The van der Waals surface area contributed by atoms with Gasteiger partial charge in [-0.05, 0) is 70.1 Å². The molecule has 0 bridgehead atoms. The van der Waals surface area contributed by atoms with Crippen molar-refractivity contribution in [3.63, 3.8) is 0 Å². The summed E-state index contributed by atoms with van der Waals surface area (Å²) >= 11 is 0. The molecule has 278 valence electrons. The molecule has 0 amide bonds. The summed E-state index contributed by atoms with van der Waals surface area (Å²) in [6, 6.07) is 32.2. The van der Waals surface area contributed by atoms with Gasteiger partial charge in [-0.1, -0.05) is 48.5 Å². The number of ether oxygens (including phenoxy) is 4. The van der Waals surface area contributed by atoms with E-state index in [1.807, 2.05) is 48.5 Å². The summed E-state index contributed by atoms with van der Waals surface area (Å²) in [4.78, 5) is 37.1. The smallest absolute Gasteiger partial charge is 0.264 e. The van der Waals surface area contributed by atoms with E-state index in [1.54, 1.807) is 37.2 Å². The number of benzene rings is 9. The standard InChI is InChI=1S/C48H30N4O6/c1-55-33-17-25-37-27(47(53)51-31-15-23-11-7-5-9-21(23)13-29(31)49-45(25)51)19-35(57-3)41-42-36(58-4)20-28-38-26(18-34(56-2)40(44(38)42)39(33)43(37)41)46-50-30-14-22-10-6-8-12-24(22)16-32(30)52(46)48(28)54/h5-20,49-50H,1-4H3. The highest BCUT2D eigenvalue weighted by Gasteiger charge is 2.31. The molecule has 13 aromatic rings. The molecule has 0 saturated heterocycles. The van der Waals surface area contributed by atoms with Gasteiger partial charge in [0.25, 0.3) is 11.1 Å². The largest absolute Gasteiger partial charge is 0.496 e. The monoisotopic (exact) mass is 758 g/mol. The second kappa shape index (κ2) is 10.6. The Hall–Kier alpha value is -7.72. The summed E-state index contributed by atoms with van der Waals surface area (Å²) in [7, 11) is 6.53. The molecule has 10 nitrogen and oxygen atoms in total. The minimum absolute atomic E-state index is 0.179. The molecular formula is C48H30N4O6. The fourth-order valence-electron chi connectivity index (χ4n) is 10.2. The van der Waals surface area contributed by atoms with E-state index in [0.29, 0.717) is 45.1 Å². The maximum atomic E-state index is 14.9. The number of hydrogen-bond donors (Lipinski definition) is 2. The maximum Gasteiger partial charge on any atom is 0.264 e. The highest BCUT2D eigenvalue weighted by molar-refractivity contribution is 6.44. The molecule has 58 heavy (non-hydrogen) atoms. The summed E-state index contributed by atoms with van der Waals surface area (Å²) in [6.45, 7) is 0. The first-order chi connectivity index (χ1) is 28.4. The lowest BCUT2D eigenvalue weighted by atomic mass is 9.84. The molecular weight excluding hydrogens is 729 g/mol. The number of H-pyrrole nitrogens is 2. The first-order valence-corrected chi connectivity index (χ1v) is 19.0. The van der Waals surface area contributed by atoms with Crippen molar-refractivity contribution in [3.05, 3.63) is 118 Å². The van der Waals surface area contributed by atoms with Crippen molar-refractivity contribution in [2.24, 2.45) is 0 Å². The van der Waals surface area contributed by atoms with Crippen LogP contribution >= 0.6 is 0 Å². The Morgan fingerprint density at radius 2 is 0.724 bits per heavy atom. The molecule has 0 saturated carbocycles. The Morgan fingerprint density at radius 1 is 0.397 bits per heavy atom. The molecule has 0 unspecified atom stereocenters. The molecule has 0 atom stereocenters. The van der Waals surface area contributed by atoms with Gasteiger partial charge in [0.1, 0.15) is 34.3 Å². The van der Waals surface area contributed by atoms with Crippen molar-refractivity contribution in [2.75, 3.05) is 28.4 Å². The fourth-order valence-corrected chi connectivity index (χ4v) is 10.2. The number of imidazole rings is 2. The highest BCUT2D eigenvalue weighted by atomic mass is 16.5. The van der Waals surface area contributed by atoms with E-state index < -0.39 is 0 Å². The van der Waals surface area contributed by atoms with Gasteiger partial charge in [0, 0.05) is 53.9 Å². The van der Waals surface area contributed by atoms with E-state index in [0.717, 1.165) is 97.5 Å². The molecule has 4 heterocycles. The van der Waals surface area contributed by atoms with Crippen LogP contribution in [-0.4, -0.2) is 47.2 Å². The van der Waals surface area contributed by atoms with Gasteiger partial charge in [0.05, 0.1) is 61.3 Å². The van der Waals surface area contributed by atoms with Crippen LogP contribution in [0.3, 0.4) is 0 Å². The van der Waals surface area contributed by atoms with Crippen LogP contribution in [0.25, 0.3) is 120 Å². The Morgan fingerprint density at radius 3 is 1.07 bits per heavy atom. The van der Waals surface area contributed by atoms with Gasteiger partial charge >= 0.3 is 0 Å². The molecule has 0 aliphatic rings. The van der Waals surface area contributed by atoms with Crippen LogP contribution < -0.4 is 30.1 Å². The lowest BCUT2D eigenvalue weighted by molar-refractivity contribution is 0.415. The molecule has 2 N–H and O–H groups in total. The summed E-state index contributed by atoms with van der Waals surface area (Å²) < 4.78 is 28.7. The molecule has 13 rings (SSSR count). The first-order valence-electron chi connectivity index (χ1n) is 19.0. The number of nitrogens with zero attached hydrogens (tertiary/aromatic N) is 2. The predicted octanol–water partition coefficient (Wildman–Crippen LogP) is 10.0. The van der Waals surface area contributed by atoms with Gasteiger partial charge < -0.3 is 28.9 Å². The molecule has 0 radical (unpaired) electrons. The third-order valence-corrected chi connectivity index (χ3v) is 12.6. The summed E-state index contributed by atoms with van der Waals surface area (Å²) in [6.07, 6.45) is 0. The average molecular weight is 759 g/mol. The van der Waals surface area contributed by atoms with Crippen molar-refractivity contribution in [1.82, 2.24) is 18.8 Å². The second-order valence-electron chi connectivity index (χ2n) is 15.2. The summed E-state index contributed by atoms with van der Waals surface area (Å²) in [5, 5.41) is 12.8. The Balaban J connectivity index is 1.31. The number of hydrogen-bond acceptors (Lipinski definition) is 6. The van der Waals surface area contributed by atoms with E-state index in [4.69, 9.17) is 18.9 Å².